The van der Waals surface area contributed by atoms with Crippen LogP contribution < -0.4 is 16.0 Å². The molecule has 0 saturated carbocycles. The van der Waals surface area contributed by atoms with Crippen LogP contribution in [0.3, 0.4) is 0 Å². The van der Waals surface area contributed by atoms with Crippen molar-refractivity contribution >= 4 is 46.1 Å². The van der Waals surface area contributed by atoms with E-state index in [0.717, 1.165) is 11.2 Å². The Morgan fingerprint density at radius 2 is 1.66 bits per heavy atom. The van der Waals surface area contributed by atoms with Gasteiger partial charge in [0.15, 0.2) is 7.05 Å². The molecule has 0 atom stereocenters. The minimum Gasteiger partial charge on any atom is -0.370 e. The Bertz CT molecular complexity index is 1500. The zero-order chi connectivity index (χ0) is 27.2. The highest BCUT2D eigenvalue weighted by Crippen LogP contribution is 2.24. The maximum absolute atomic E-state index is 13.1. The van der Waals surface area contributed by atoms with Crippen molar-refractivity contribution in [2.75, 3.05) is 24.3 Å². The molecule has 1 heterocycles. The van der Waals surface area contributed by atoms with Gasteiger partial charge in [-0.15, -0.1) is 0 Å². The predicted molar refractivity (Wildman–Crippen MR) is 146 cm³/mol. The van der Waals surface area contributed by atoms with E-state index in [9.17, 15) is 19.3 Å². The first-order valence-electron chi connectivity index (χ1n) is 12.2. The first-order chi connectivity index (χ1) is 18.2. The molecule has 0 aliphatic carbocycles. The number of aryl methyl sites for hydroxylation is 1. The van der Waals surface area contributed by atoms with E-state index in [4.69, 9.17) is 5.73 Å². The van der Waals surface area contributed by atoms with Crippen molar-refractivity contribution in [3.05, 3.63) is 88.8 Å². The van der Waals surface area contributed by atoms with Crippen molar-refractivity contribution in [2.45, 2.75) is 25.8 Å². The number of unbranched alkanes of at least 4 members (excludes halogenated alkanes) is 1. The van der Waals surface area contributed by atoms with Crippen molar-refractivity contribution in [2.24, 2.45) is 5.73 Å². The fourth-order valence-electron chi connectivity index (χ4n) is 4.11. The number of nitrogens with zero attached hydrogens (tertiary/aromatic N) is 4. The number of amides is 3. The van der Waals surface area contributed by atoms with Crippen molar-refractivity contribution in [1.82, 2.24) is 9.55 Å². The molecule has 0 aliphatic rings. The number of primary amides is 1. The van der Waals surface area contributed by atoms with E-state index in [-0.39, 0.29) is 24.1 Å². The maximum atomic E-state index is 13.1. The Morgan fingerprint density at radius 3 is 2.32 bits per heavy atom. The van der Waals surface area contributed by atoms with Gasteiger partial charge in [-0.2, -0.15) is 0 Å². The molecule has 38 heavy (non-hydrogen) atoms. The summed E-state index contributed by atoms with van der Waals surface area (Å²) in [5.74, 6) is -0.635. The average Bonchev–Trinajstić information content (AvgIpc) is 3.26. The Hall–Kier alpha value is -4.86. The number of nitrogens with two attached hydrogens (primary N) is 1. The summed E-state index contributed by atoms with van der Waals surface area (Å²) in [5, 5.41) is 2.85. The van der Waals surface area contributed by atoms with Gasteiger partial charge in [0.2, 0.25) is 11.9 Å². The van der Waals surface area contributed by atoms with Crippen LogP contribution in [-0.2, 0) is 11.3 Å². The maximum Gasteiger partial charge on any atom is 0.258 e. The molecule has 0 spiro atoms. The number of imidazole rings is 1. The monoisotopic (exact) mass is 513 g/mol. The van der Waals surface area contributed by atoms with Gasteiger partial charge in [-0.25, -0.2) is 4.98 Å². The number of carbonyl (C=O) groups excluding carboxylic acids is 3. The number of fused-ring (bicyclic) bond motifs is 1. The highest BCUT2D eigenvalue weighted by Gasteiger charge is 2.19. The molecule has 1 aromatic heterocycles. The van der Waals surface area contributed by atoms with Gasteiger partial charge in [0.05, 0.1) is 11.0 Å². The Labute approximate surface area is 219 Å². The summed E-state index contributed by atoms with van der Waals surface area (Å²) in [6.07, 6.45) is 1.49. The highest BCUT2D eigenvalue weighted by molar-refractivity contribution is 6.08. The largest absolute Gasteiger partial charge is 0.370 e. The van der Waals surface area contributed by atoms with E-state index < -0.39 is 0 Å². The number of para-hydroxylation sites is 1. The normalized spacial score (nSPS) is 10.8. The molecule has 10 heteroatoms. The molecule has 0 bridgehead atoms. The third-order valence-electron chi connectivity index (χ3n) is 6.22. The number of carbonyl (C=O) groups is 3. The third-order valence-corrected chi connectivity index (χ3v) is 6.22. The van der Waals surface area contributed by atoms with Gasteiger partial charge in [0.1, 0.15) is 0 Å². The van der Waals surface area contributed by atoms with Crippen LogP contribution in [0.1, 0.15) is 40.0 Å². The van der Waals surface area contributed by atoms with Crippen LogP contribution in [0.15, 0.2) is 72.8 Å². The number of nitroso groups, excluding NO2 is 1. The lowest BCUT2D eigenvalue weighted by Gasteiger charge is -2.17. The Balaban J connectivity index is 1.63. The summed E-state index contributed by atoms with van der Waals surface area (Å²) in [4.78, 5) is 54.9. The summed E-state index contributed by atoms with van der Waals surface area (Å²) in [5.41, 5.74) is 8.57. The number of aromatic nitrogens is 2. The number of anilines is 2. The molecular weight excluding hydrogens is 484 g/mol. The van der Waals surface area contributed by atoms with Crippen molar-refractivity contribution in [3.63, 3.8) is 0 Å². The molecule has 10 nitrogen and oxygen atoms in total. The second kappa shape index (κ2) is 11.5. The van der Waals surface area contributed by atoms with Crippen LogP contribution in [0.25, 0.3) is 11.0 Å². The second-order valence-electron chi connectivity index (χ2n) is 8.91. The predicted octanol–water partition coefficient (Wildman–Crippen LogP) is 4.26. The zero-order valence-corrected chi connectivity index (χ0v) is 21.3. The van der Waals surface area contributed by atoms with Gasteiger partial charge >= 0.3 is 0 Å². The van der Waals surface area contributed by atoms with Crippen LogP contribution in [0.2, 0.25) is 0 Å². The topological polar surface area (TPSA) is 130 Å². The SMILES string of the molecule is CN(C(=O)c1ccc2c(c1)nc(NC(=O)c1ccc([N+](C)=O)cc1)n2CCCCC(N)=O)c1ccccc1. The molecule has 0 radical (unpaired) electrons. The van der Waals surface area contributed by atoms with Crippen molar-refractivity contribution < 1.29 is 19.1 Å². The highest BCUT2D eigenvalue weighted by atomic mass is 16.3. The van der Waals surface area contributed by atoms with E-state index >= 15 is 0 Å². The first-order valence-corrected chi connectivity index (χ1v) is 12.2. The number of hydrogen-bond donors (Lipinski definition) is 2. The molecule has 3 N–H and O–H groups in total. The fourth-order valence-corrected chi connectivity index (χ4v) is 4.11. The minimum absolute atomic E-state index is 0.192. The lowest BCUT2D eigenvalue weighted by atomic mass is 10.1. The van der Waals surface area contributed by atoms with Gasteiger partial charge in [-0.3, -0.25) is 19.7 Å². The molecular formula is C28H29N6O4+. The number of nitrogens with one attached hydrogen (secondary N) is 1. The number of rotatable bonds is 10. The van der Waals surface area contributed by atoms with Gasteiger partial charge in [-0.1, -0.05) is 18.2 Å². The smallest absolute Gasteiger partial charge is 0.258 e. The van der Waals surface area contributed by atoms with E-state index in [1.807, 2.05) is 34.9 Å². The standard InChI is InChI=1S/C28H28N6O4/c1-32(21-8-4-3-5-9-21)27(37)20-13-16-24-23(18-20)30-28(34(24)17-7-6-10-25(29)35)31-26(36)19-11-14-22(15-12-19)33(2)38/h3-5,8-9,11-16,18H,6-7,10,17H2,1-2H3,(H2-,29,30,31,35,36)/p+1. The molecule has 194 valence electrons. The van der Waals surface area contributed by atoms with E-state index in [1.165, 1.54) is 7.05 Å². The summed E-state index contributed by atoms with van der Waals surface area (Å²) in [6, 6.07) is 20.8. The fraction of sp³-hybridized carbons (Fsp3) is 0.214. The van der Waals surface area contributed by atoms with Crippen LogP contribution in [-0.4, -0.2) is 46.1 Å². The summed E-state index contributed by atoms with van der Waals surface area (Å²) in [6.45, 7) is 0.483. The average molecular weight is 514 g/mol. The van der Waals surface area contributed by atoms with Crippen LogP contribution in [0, 0.1) is 4.91 Å². The van der Waals surface area contributed by atoms with Gasteiger partial charge in [-0.05, 0) is 55.3 Å². The molecule has 3 aromatic carbocycles. The van der Waals surface area contributed by atoms with Crippen LogP contribution in [0.5, 0.6) is 0 Å². The number of benzene rings is 3. The Kier molecular flexibility index (Phi) is 7.91. The van der Waals surface area contributed by atoms with E-state index in [2.05, 4.69) is 10.3 Å². The van der Waals surface area contributed by atoms with E-state index in [0.29, 0.717) is 52.4 Å². The van der Waals surface area contributed by atoms with Crippen molar-refractivity contribution in [1.29, 1.82) is 0 Å². The zero-order valence-electron chi connectivity index (χ0n) is 21.3. The summed E-state index contributed by atoms with van der Waals surface area (Å²) in [7, 11) is 3.09. The van der Waals surface area contributed by atoms with Crippen LogP contribution >= 0.6 is 0 Å². The molecule has 0 unspecified atom stereocenters. The Morgan fingerprint density at radius 1 is 0.974 bits per heavy atom. The van der Waals surface area contributed by atoms with Gasteiger partial charge in [0, 0.05) is 58.6 Å². The molecule has 3 amide bonds. The molecule has 0 fully saturated rings. The lowest BCUT2D eigenvalue weighted by molar-refractivity contribution is -0.428. The first kappa shape index (κ1) is 26.2. The molecule has 0 saturated heterocycles. The summed E-state index contributed by atoms with van der Waals surface area (Å²) >= 11 is 0. The minimum atomic E-state index is -0.390. The van der Waals surface area contributed by atoms with Gasteiger partial charge < -0.3 is 15.2 Å². The third kappa shape index (κ3) is 5.92. The lowest BCUT2D eigenvalue weighted by Crippen LogP contribution is -2.26. The quantitative estimate of drug-likeness (QED) is 0.242. The van der Waals surface area contributed by atoms with Crippen molar-refractivity contribution in [3.8, 4) is 0 Å². The molecule has 0 aliphatic heterocycles. The van der Waals surface area contributed by atoms with E-state index in [1.54, 1.807) is 54.4 Å². The molecule has 4 rings (SSSR count). The second-order valence-corrected chi connectivity index (χ2v) is 8.91. The number of hydrogen-bond acceptors (Lipinski definition) is 5. The van der Waals surface area contributed by atoms with Crippen LogP contribution in [0.4, 0.5) is 17.3 Å². The van der Waals surface area contributed by atoms with Gasteiger partial charge in [0.25, 0.3) is 17.5 Å². The molecule has 4 aromatic rings. The summed E-state index contributed by atoms with van der Waals surface area (Å²) < 4.78 is 2.56.